The van der Waals surface area contributed by atoms with Crippen LogP contribution in [0.2, 0.25) is 0 Å². The van der Waals surface area contributed by atoms with Gasteiger partial charge in [-0.15, -0.1) is 11.3 Å². The molecule has 0 aliphatic rings. The van der Waals surface area contributed by atoms with Gasteiger partial charge in [0.2, 0.25) is 0 Å². The molecule has 5 aromatic rings. The van der Waals surface area contributed by atoms with Gasteiger partial charge in [-0.1, -0.05) is 36.4 Å². The summed E-state index contributed by atoms with van der Waals surface area (Å²) in [5.41, 5.74) is 1.89. The lowest BCUT2D eigenvalue weighted by molar-refractivity contribution is 0.0952. The fraction of sp³-hybridized carbons (Fsp3) is 0.0476. The lowest BCUT2D eigenvalue weighted by Gasteiger charge is -2.01. The molecule has 1 amide bonds. The van der Waals surface area contributed by atoms with Crippen LogP contribution in [0.5, 0.6) is 0 Å². The second kappa shape index (κ2) is 6.41. The van der Waals surface area contributed by atoms with Crippen molar-refractivity contribution in [3.8, 4) is 11.3 Å². The molecular formula is C21H15N3O2S. The first-order valence-electron chi connectivity index (χ1n) is 8.55. The Hall–Kier alpha value is -3.38. The molecule has 3 heterocycles. The van der Waals surface area contributed by atoms with Crippen LogP contribution >= 0.6 is 11.3 Å². The molecule has 5 nitrogen and oxygen atoms in total. The second-order valence-corrected chi connectivity index (χ2v) is 7.30. The van der Waals surface area contributed by atoms with E-state index in [-0.39, 0.29) is 5.91 Å². The van der Waals surface area contributed by atoms with Gasteiger partial charge in [-0.25, -0.2) is 0 Å². The van der Waals surface area contributed by atoms with Gasteiger partial charge in [0.1, 0.15) is 16.3 Å². The van der Waals surface area contributed by atoms with Crippen molar-refractivity contribution in [2.45, 2.75) is 6.54 Å². The fourth-order valence-corrected chi connectivity index (χ4v) is 4.07. The molecule has 0 spiro atoms. The van der Waals surface area contributed by atoms with Gasteiger partial charge in [0, 0.05) is 10.9 Å². The minimum Gasteiger partial charge on any atom is -0.467 e. The number of carbonyl (C=O) groups is 1. The van der Waals surface area contributed by atoms with Crippen molar-refractivity contribution < 1.29 is 9.21 Å². The maximum atomic E-state index is 12.5. The van der Waals surface area contributed by atoms with Gasteiger partial charge in [0.05, 0.1) is 17.7 Å². The van der Waals surface area contributed by atoms with Crippen LogP contribution in [0, 0.1) is 0 Å². The molecule has 5 rings (SSSR count). The third kappa shape index (κ3) is 2.90. The lowest BCUT2D eigenvalue weighted by atomic mass is 10.0. The minimum atomic E-state index is -0.120. The van der Waals surface area contributed by atoms with Gasteiger partial charge in [-0.3, -0.25) is 9.89 Å². The SMILES string of the molecule is O=C(NCc1ccco1)c1cc2c(-c3ccc4ccccc4c3)n[nH]c2s1. The highest BCUT2D eigenvalue weighted by Gasteiger charge is 2.16. The Labute approximate surface area is 158 Å². The van der Waals surface area contributed by atoms with Gasteiger partial charge in [-0.05, 0) is 35.0 Å². The van der Waals surface area contributed by atoms with Crippen LogP contribution in [0.15, 0.2) is 71.3 Å². The third-order valence-corrected chi connectivity index (χ3v) is 5.54. The van der Waals surface area contributed by atoms with Gasteiger partial charge < -0.3 is 9.73 Å². The van der Waals surface area contributed by atoms with Crippen molar-refractivity contribution in [1.82, 2.24) is 15.5 Å². The van der Waals surface area contributed by atoms with Crippen molar-refractivity contribution in [2.75, 3.05) is 0 Å². The number of fused-ring (bicyclic) bond motifs is 2. The highest BCUT2D eigenvalue weighted by molar-refractivity contribution is 7.20. The maximum Gasteiger partial charge on any atom is 0.261 e. The average Bonchev–Trinajstić information content (AvgIpc) is 3.42. The molecule has 0 bridgehead atoms. The Morgan fingerprint density at radius 3 is 2.81 bits per heavy atom. The van der Waals surface area contributed by atoms with Crippen LogP contribution in [0.4, 0.5) is 0 Å². The number of aromatic nitrogens is 2. The molecule has 0 atom stereocenters. The lowest BCUT2D eigenvalue weighted by Crippen LogP contribution is -2.21. The zero-order chi connectivity index (χ0) is 18.2. The summed E-state index contributed by atoms with van der Waals surface area (Å²) in [6, 6.07) is 20.0. The second-order valence-electron chi connectivity index (χ2n) is 6.25. The molecule has 27 heavy (non-hydrogen) atoms. The van der Waals surface area contributed by atoms with Crippen molar-refractivity contribution in [3.63, 3.8) is 0 Å². The molecule has 0 aliphatic heterocycles. The summed E-state index contributed by atoms with van der Waals surface area (Å²) in [5, 5.41) is 13.7. The maximum absolute atomic E-state index is 12.5. The zero-order valence-electron chi connectivity index (χ0n) is 14.2. The van der Waals surface area contributed by atoms with E-state index < -0.39 is 0 Å². The summed E-state index contributed by atoms with van der Waals surface area (Å²) in [5.74, 6) is 0.606. The predicted molar refractivity (Wildman–Crippen MR) is 107 cm³/mol. The van der Waals surface area contributed by atoms with Crippen LogP contribution in [-0.4, -0.2) is 16.1 Å². The number of thiophene rings is 1. The molecular weight excluding hydrogens is 358 g/mol. The predicted octanol–water partition coefficient (Wildman–Crippen LogP) is 4.97. The number of nitrogens with zero attached hydrogens (tertiary/aromatic N) is 1. The molecule has 0 aliphatic carbocycles. The van der Waals surface area contributed by atoms with Gasteiger partial charge >= 0.3 is 0 Å². The van der Waals surface area contributed by atoms with Gasteiger partial charge in [-0.2, -0.15) is 5.10 Å². The van der Waals surface area contributed by atoms with Crippen molar-refractivity contribution in [2.24, 2.45) is 0 Å². The summed E-state index contributed by atoms with van der Waals surface area (Å²) in [6.07, 6.45) is 1.59. The van der Waals surface area contributed by atoms with E-state index >= 15 is 0 Å². The number of benzene rings is 2. The summed E-state index contributed by atoms with van der Waals surface area (Å²) in [6.45, 7) is 0.369. The van der Waals surface area contributed by atoms with E-state index in [4.69, 9.17) is 4.42 Å². The topological polar surface area (TPSA) is 70.9 Å². The Morgan fingerprint density at radius 2 is 1.96 bits per heavy atom. The standard InChI is InChI=1S/C21H15N3O2S/c25-20(22-12-16-6-3-9-26-16)18-11-17-19(23-24-21(17)27-18)15-8-7-13-4-1-2-5-14(13)10-15/h1-11H,12H2,(H,22,25)(H,23,24). The zero-order valence-corrected chi connectivity index (χ0v) is 15.0. The van der Waals surface area contributed by atoms with E-state index in [1.807, 2.05) is 24.3 Å². The number of amides is 1. The largest absolute Gasteiger partial charge is 0.467 e. The number of carbonyl (C=O) groups excluding carboxylic acids is 1. The molecule has 3 aromatic heterocycles. The summed E-state index contributed by atoms with van der Waals surface area (Å²) >= 11 is 1.40. The van der Waals surface area contributed by atoms with Gasteiger partial charge in [0.25, 0.3) is 5.91 Å². The average molecular weight is 373 g/mol. The van der Waals surface area contributed by atoms with E-state index in [1.54, 1.807) is 12.3 Å². The Balaban J connectivity index is 1.46. The minimum absolute atomic E-state index is 0.120. The summed E-state index contributed by atoms with van der Waals surface area (Å²) < 4.78 is 5.25. The Morgan fingerprint density at radius 1 is 1.07 bits per heavy atom. The van der Waals surface area contributed by atoms with Crippen LogP contribution in [0.3, 0.4) is 0 Å². The van der Waals surface area contributed by atoms with Crippen molar-refractivity contribution in [1.29, 1.82) is 0 Å². The van der Waals surface area contributed by atoms with Crippen LogP contribution < -0.4 is 5.32 Å². The number of hydrogen-bond donors (Lipinski definition) is 2. The van der Waals surface area contributed by atoms with E-state index in [1.165, 1.54) is 16.7 Å². The number of aromatic amines is 1. The van der Waals surface area contributed by atoms with Gasteiger partial charge in [0.15, 0.2) is 0 Å². The molecule has 0 fully saturated rings. The molecule has 2 N–H and O–H groups in total. The van der Waals surface area contributed by atoms with E-state index in [0.717, 1.165) is 32.6 Å². The normalized spacial score (nSPS) is 11.3. The van der Waals surface area contributed by atoms with E-state index in [0.29, 0.717) is 11.4 Å². The first kappa shape index (κ1) is 15.8. The summed E-state index contributed by atoms with van der Waals surface area (Å²) in [7, 11) is 0. The molecule has 6 heteroatoms. The Kier molecular flexibility index (Phi) is 3.76. The van der Waals surface area contributed by atoms with Crippen LogP contribution in [0.25, 0.3) is 32.2 Å². The number of furan rings is 1. The number of H-pyrrole nitrogens is 1. The van der Waals surface area contributed by atoms with E-state index in [9.17, 15) is 4.79 Å². The first-order valence-corrected chi connectivity index (χ1v) is 9.37. The smallest absolute Gasteiger partial charge is 0.261 e. The number of rotatable bonds is 4. The first-order chi connectivity index (χ1) is 13.3. The van der Waals surface area contributed by atoms with Crippen LogP contribution in [0.1, 0.15) is 15.4 Å². The molecule has 0 saturated heterocycles. The highest BCUT2D eigenvalue weighted by atomic mass is 32.1. The quantitative estimate of drug-likeness (QED) is 0.467. The van der Waals surface area contributed by atoms with Crippen LogP contribution in [-0.2, 0) is 6.54 Å². The number of nitrogens with one attached hydrogen (secondary N) is 2. The molecule has 0 saturated carbocycles. The third-order valence-electron chi connectivity index (χ3n) is 4.51. The molecule has 0 unspecified atom stereocenters. The fourth-order valence-electron chi connectivity index (χ4n) is 3.15. The monoisotopic (exact) mass is 373 g/mol. The molecule has 2 aromatic carbocycles. The number of hydrogen-bond acceptors (Lipinski definition) is 4. The molecule has 132 valence electrons. The van der Waals surface area contributed by atoms with E-state index in [2.05, 4.69) is 45.8 Å². The van der Waals surface area contributed by atoms with Crippen molar-refractivity contribution >= 4 is 38.2 Å². The Bertz CT molecular complexity index is 1250. The van der Waals surface area contributed by atoms with Crippen molar-refractivity contribution in [3.05, 3.63) is 77.6 Å². The summed E-state index contributed by atoms with van der Waals surface area (Å²) in [4.78, 5) is 14.0. The highest BCUT2D eigenvalue weighted by Crippen LogP contribution is 2.33. The molecule has 0 radical (unpaired) electrons.